The number of aliphatic imine (C=N–C) groups is 1. The maximum Gasteiger partial charge on any atom is 0.524 e. The molecule has 0 saturated heterocycles. The largest absolute Gasteiger partial charge is 0.524 e. The van der Waals surface area contributed by atoms with Crippen LogP contribution in [-0.2, 0) is 4.74 Å². The second-order valence-electron chi connectivity index (χ2n) is 2.61. The molecule has 1 atom stereocenters. The summed E-state index contributed by atoms with van der Waals surface area (Å²) in [6.45, 7) is -0.0927. The van der Waals surface area contributed by atoms with Gasteiger partial charge in [0.1, 0.15) is 6.33 Å². The number of aromatic nitrogens is 3. The summed E-state index contributed by atoms with van der Waals surface area (Å²) in [4.78, 5) is 3.68. The zero-order valence-electron chi connectivity index (χ0n) is 6.77. The smallest absolute Gasteiger partial charge is 0.285 e. The van der Waals surface area contributed by atoms with Crippen molar-refractivity contribution in [1.29, 1.82) is 0 Å². The summed E-state index contributed by atoms with van der Waals surface area (Å²) in [5.41, 5.74) is 0. The summed E-state index contributed by atoms with van der Waals surface area (Å²) in [5, 5.41) is 7.01. The topological polar surface area (TPSA) is 52.3 Å². The van der Waals surface area contributed by atoms with E-state index in [4.69, 9.17) is 0 Å². The monoisotopic (exact) mass is 206 g/mol. The Morgan fingerprint density at radius 2 is 2.29 bits per heavy atom. The van der Waals surface area contributed by atoms with Gasteiger partial charge in [0, 0.05) is 0 Å². The first kappa shape index (κ1) is 9.13. The van der Waals surface area contributed by atoms with Crippen LogP contribution in [0.15, 0.2) is 11.3 Å². The lowest BCUT2D eigenvalue weighted by Crippen LogP contribution is -2.27. The average molecular weight is 206 g/mol. The molecule has 0 spiro atoms. The lowest BCUT2D eigenvalue weighted by Gasteiger charge is -2.21. The molecule has 2 heterocycles. The third kappa shape index (κ3) is 1.74. The standard InChI is InChI=1S/C6H5F3N4O/c7-6(8,9)14-5-2-10-1-4-12-11-3-13(4)5/h1,3,5H,2H2. The van der Waals surface area contributed by atoms with E-state index in [1.54, 1.807) is 0 Å². The van der Waals surface area contributed by atoms with Gasteiger partial charge >= 0.3 is 6.36 Å². The fraction of sp³-hybridized carbons (Fsp3) is 0.500. The molecule has 1 aliphatic heterocycles. The van der Waals surface area contributed by atoms with Crippen molar-refractivity contribution in [2.45, 2.75) is 12.6 Å². The number of alkyl halides is 3. The van der Waals surface area contributed by atoms with Gasteiger partial charge in [-0.3, -0.25) is 14.3 Å². The van der Waals surface area contributed by atoms with Gasteiger partial charge in [0.2, 0.25) is 0 Å². The summed E-state index contributed by atoms with van der Waals surface area (Å²) in [7, 11) is 0. The van der Waals surface area contributed by atoms with Crippen LogP contribution in [0.3, 0.4) is 0 Å². The predicted molar refractivity (Wildman–Crippen MR) is 38.7 cm³/mol. The van der Waals surface area contributed by atoms with Crippen LogP contribution in [0.25, 0.3) is 0 Å². The molecule has 0 aliphatic carbocycles. The van der Waals surface area contributed by atoms with Crippen LogP contribution < -0.4 is 0 Å². The molecule has 1 aromatic rings. The Hall–Kier alpha value is -1.44. The van der Waals surface area contributed by atoms with Crippen LogP contribution in [0.4, 0.5) is 13.2 Å². The molecule has 1 unspecified atom stereocenters. The van der Waals surface area contributed by atoms with Gasteiger partial charge in [0.15, 0.2) is 12.1 Å². The Morgan fingerprint density at radius 3 is 3.00 bits per heavy atom. The van der Waals surface area contributed by atoms with E-state index in [2.05, 4.69) is 19.9 Å². The number of nitrogens with zero attached hydrogens (tertiary/aromatic N) is 4. The maximum absolute atomic E-state index is 11.9. The minimum atomic E-state index is -4.68. The summed E-state index contributed by atoms with van der Waals surface area (Å²) in [6, 6.07) is 0. The van der Waals surface area contributed by atoms with Gasteiger partial charge in [-0.05, 0) is 0 Å². The molecule has 1 aliphatic rings. The third-order valence-electron chi connectivity index (χ3n) is 1.65. The zero-order valence-corrected chi connectivity index (χ0v) is 6.77. The van der Waals surface area contributed by atoms with Crippen molar-refractivity contribution < 1.29 is 17.9 Å². The first-order valence-corrected chi connectivity index (χ1v) is 3.70. The molecule has 0 aromatic carbocycles. The summed E-state index contributed by atoms with van der Waals surface area (Å²) < 4.78 is 40.8. The van der Waals surface area contributed by atoms with Gasteiger partial charge < -0.3 is 0 Å². The van der Waals surface area contributed by atoms with Crippen LogP contribution in [0.5, 0.6) is 0 Å². The van der Waals surface area contributed by atoms with E-state index in [0.717, 1.165) is 0 Å². The SMILES string of the molecule is FC(F)(F)OC1CN=Cc2nncn21. The number of rotatable bonds is 1. The highest BCUT2D eigenvalue weighted by Gasteiger charge is 2.35. The fourth-order valence-corrected chi connectivity index (χ4v) is 1.13. The number of ether oxygens (including phenoxy) is 1. The number of hydrogen-bond donors (Lipinski definition) is 0. The summed E-state index contributed by atoms with van der Waals surface area (Å²) in [5.74, 6) is 0.255. The van der Waals surface area contributed by atoms with Crippen LogP contribution in [-0.4, -0.2) is 33.9 Å². The highest BCUT2D eigenvalue weighted by Crippen LogP contribution is 2.25. The minimum Gasteiger partial charge on any atom is -0.285 e. The van der Waals surface area contributed by atoms with Crippen molar-refractivity contribution in [3.05, 3.63) is 12.2 Å². The van der Waals surface area contributed by atoms with Gasteiger partial charge in [0.05, 0.1) is 12.8 Å². The van der Waals surface area contributed by atoms with Gasteiger partial charge in [-0.15, -0.1) is 23.4 Å². The van der Waals surface area contributed by atoms with Gasteiger partial charge in [0.25, 0.3) is 0 Å². The molecule has 76 valence electrons. The van der Waals surface area contributed by atoms with Crippen molar-refractivity contribution in [1.82, 2.24) is 14.8 Å². The first-order valence-electron chi connectivity index (χ1n) is 3.70. The Morgan fingerprint density at radius 1 is 1.50 bits per heavy atom. The van der Waals surface area contributed by atoms with Crippen LogP contribution >= 0.6 is 0 Å². The average Bonchev–Trinajstić information content (AvgIpc) is 2.49. The second-order valence-corrected chi connectivity index (χ2v) is 2.61. The molecule has 0 saturated carbocycles. The molecule has 8 heteroatoms. The third-order valence-corrected chi connectivity index (χ3v) is 1.65. The lowest BCUT2D eigenvalue weighted by atomic mass is 10.4. The van der Waals surface area contributed by atoms with Crippen LogP contribution in [0, 0.1) is 0 Å². The van der Waals surface area contributed by atoms with Crippen molar-refractivity contribution >= 4 is 6.21 Å². The highest BCUT2D eigenvalue weighted by molar-refractivity contribution is 5.75. The molecule has 0 bridgehead atoms. The van der Waals surface area contributed by atoms with Crippen molar-refractivity contribution in [2.24, 2.45) is 4.99 Å². The molecule has 2 rings (SSSR count). The number of hydrogen-bond acceptors (Lipinski definition) is 4. The van der Waals surface area contributed by atoms with E-state index < -0.39 is 12.6 Å². The summed E-state index contributed by atoms with van der Waals surface area (Å²) in [6.07, 6.45) is -3.36. The highest BCUT2D eigenvalue weighted by atomic mass is 19.4. The zero-order chi connectivity index (χ0) is 10.2. The Balaban J connectivity index is 2.20. The lowest BCUT2D eigenvalue weighted by molar-refractivity contribution is -0.353. The molecule has 0 amide bonds. The molecule has 14 heavy (non-hydrogen) atoms. The van der Waals surface area contributed by atoms with Crippen molar-refractivity contribution in [3.63, 3.8) is 0 Å². The molecule has 0 fully saturated rings. The Labute approximate surface area is 76.2 Å². The van der Waals surface area contributed by atoms with E-state index in [1.165, 1.54) is 17.1 Å². The Bertz CT molecular complexity index is 358. The molecule has 1 aromatic heterocycles. The van der Waals surface area contributed by atoms with E-state index in [1.807, 2.05) is 0 Å². The number of halogens is 3. The summed E-state index contributed by atoms with van der Waals surface area (Å²) >= 11 is 0. The number of fused-ring (bicyclic) bond motifs is 1. The van der Waals surface area contributed by atoms with Gasteiger partial charge in [-0.25, -0.2) is 0 Å². The van der Waals surface area contributed by atoms with Gasteiger partial charge in [-0.1, -0.05) is 0 Å². The molecular weight excluding hydrogens is 201 g/mol. The van der Waals surface area contributed by atoms with E-state index in [-0.39, 0.29) is 12.4 Å². The van der Waals surface area contributed by atoms with Crippen molar-refractivity contribution in [2.75, 3.05) is 6.54 Å². The fourth-order valence-electron chi connectivity index (χ4n) is 1.13. The molecule has 0 radical (unpaired) electrons. The van der Waals surface area contributed by atoms with E-state index in [0.29, 0.717) is 0 Å². The predicted octanol–water partition coefficient (Wildman–Crippen LogP) is 0.746. The van der Waals surface area contributed by atoms with Gasteiger partial charge in [-0.2, -0.15) is 0 Å². The van der Waals surface area contributed by atoms with Crippen LogP contribution in [0.1, 0.15) is 12.1 Å². The molecule has 5 nitrogen and oxygen atoms in total. The van der Waals surface area contributed by atoms with E-state index >= 15 is 0 Å². The quantitative estimate of drug-likeness (QED) is 0.681. The Kier molecular flexibility index (Phi) is 1.99. The molecular formula is C6H5F3N4O. The van der Waals surface area contributed by atoms with Crippen molar-refractivity contribution in [3.8, 4) is 0 Å². The first-order chi connectivity index (χ1) is 6.56. The second kappa shape index (κ2) is 3.05. The maximum atomic E-state index is 11.9. The van der Waals surface area contributed by atoms with E-state index in [9.17, 15) is 13.2 Å². The normalized spacial score (nSPS) is 20.9. The van der Waals surface area contributed by atoms with Crippen LogP contribution in [0.2, 0.25) is 0 Å². The molecule has 0 N–H and O–H groups in total. The minimum absolute atomic E-state index is 0.0927.